The Bertz CT molecular complexity index is 1390. The van der Waals surface area contributed by atoms with Crippen molar-refractivity contribution in [2.75, 3.05) is 24.2 Å². The molecule has 196 valence electrons. The summed E-state index contributed by atoms with van der Waals surface area (Å²) in [7, 11) is -2.62. The molecule has 1 aliphatic heterocycles. The van der Waals surface area contributed by atoms with E-state index < -0.39 is 39.9 Å². The number of methoxy groups -OCH3 is 1. The molecule has 0 saturated carbocycles. The summed E-state index contributed by atoms with van der Waals surface area (Å²) >= 11 is 1.48. The fourth-order valence-corrected chi connectivity index (χ4v) is 6.10. The van der Waals surface area contributed by atoms with Crippen LogP contribution < -0.4 is 19.1 Å². The highest BCUT2D eigenvalue weighted by Crippen LogP contribution is 2.41. The monoisotopic (exact) mass is 544 g/mol. The van der Waals surface area contributed by atoms with Crippen LogP contribution in [-0.2, 0) is 14.8 Å². The Kier molecular flexibility index (Phi) is 7.70. The third-order valence-corrected chi connectivity index (χ3v) is 8.57. The fourth-order valence-electron chi connectivity index (χ4n) is 4.28. The number of anilines is 1. The Balaban J connectivity index is 1.66. The number of nitrogens with zero attached hydrogens (tertiary/aromatic N) is 1. The topological polar surface area (TPSA) is 84.9 Å². The molecule has 0 aliphatic carbocycles. The highest BCUT2D eigenvalue weighted by Gasteiger charge is 2.36. The molecule has 0 fully saturated rings. The molecule has 10 heteroatoms. The maximum Gasteiger partial charge on any atom is 0.264 e. The molecule has 1 heterocycles. The smallest absolute Gasteiger partial charge is 0.264 e. The number of carbonyl (C=O) groups is 1. The molecule has 0 bridgehead atoms. The average Bonchev–Trinajstić information content (AvgIpc) is 2.86. The van der Waals surface area contributed by atoms with Gasteiger partial charge < -0.3 is 14.8 Å². The van der Waals surface area contributed by atoms with Gasteiger partial charge in [-0.15, -0.1) is 11.8 Å². The van der Waals surface area contributed by atoms with Gasteiger partial charge in [0, 0.05) is 16.9 Å². The van der Waals surface area contributed by atoms with Crippen molar-refractivity contribution < 1.29 is 27.1 Å². The van der Waals surface area contributed by atoms with E-state index in [1.165, 1.54) is 42.1 Å². The van der Waals surface area contributed by atoms with Gasteiger partial charge in [0.25, 0.3) is 10.0 Å². The summed E-state index contributed by atoms with van der Waals surface area (Å²) in [6.07, 6.45) is 2.35. The number of carbonyl (C=O) groups excluding carboxylic acids is 1. The zero-order valence-corrected chi connectivity index (χ0v) is 22.7. The van der Waals surface area contributed by atoms with Gasteiger partial charge >= 0.3 is 0 Å². The van der Waals surface area contributed by atoms with Gasteiger partial charge in [-0.25, -0.2) is 12.8 Å². The lowest BCUT2D eigenvalue weighted by molar-refractivity contribution is -0.120. The molecule has 1 aliphatic rings. The number of sulfonamides is 1. The Morgan fingerprint density at radius 2 is 1.89 bits per heavy atom. The number of halogens is 1. The van der Waals surface area contributed by atoms with Crippen LogP contribution >= 0.6 is 11.8 Å². The van der Waals surface area contributed by atoms with E-state index in [9.17, 15) is 17.6 Å². The molecule has 0 aromatic heterocycles. The SMILES string of the molecule is COc1ccc2c(c1)C(NC(=O)CN(c1cccc(F)c1)S(=O)(=O)c1ccc(SC)cc1)CC(C)(C)O2. The van der Waals surface area contributed by atoms with Crippen LogP contribution in [0, 0.1) is 5.82 Å². The summed E-state index contributed by atoms with van der Waals surface area (Å²) in [5, 5.41) is 2.96. The molecule has 0 saturated heterocycles. The van der Waals surface area contributed by atoms with Crippen LogP contribution in [0.1, 0.15) is 31.9 Å². The van der Waals surface area contributed by atoms with Gasteiger partial charge in [0.15, 0.2) is 0 Å². The van der Waals surface area contributed by atoms with Gasteiger partial charge in [-0.05, 0) is 80.8 Å². The number of hydrogen-bond donors (Lipinski definition) is 1. The number of fused-ring (bicyclic) bond motifs is 1. The summed E-state index contributed by atoms with van der Waals surface area (Å²) in [5.41, 5.74) is 0.227. The lowest BCUT2D eigenvalue weighted by atomic mass is 9.89. The van der Waals surface area contributed by atoms with Gasteiger partial charge in [0.2, 0.25) is 5.91 Å². The number of rotatable bonds is 8. The van der Waals surface area contributed by atoms with Crippen molar-refractivity contribution in [1.82, 2.24) is 5.32 Å². The van der Waals surface area contributed by atoms with Gasteiger partial charge in [-0.1, -0.05) is 6.07 Å². The van der Waals surface area contributed by atoms with Gasteiger partial charge in [0.1, 0.15) is 29.5 Å². The Morgan fingerprint density at radius 3 is 2.54 bits per heavy atom. The van der Waals surface area contributed by atoms with Crippen LogP contribution in [-0.4, -0.2) is 39.8 Å². The number of nitrogens with one attached hydrogen (secondary N) is 1. The maximum atomic E-state index is 14.1. The van der Waals surface area contributed by atoms with Crippen molar-refractivity contribution in [3.8, 4) is 11.5 Å². The number of thioether (sulfide) groups is 1. The summed E-state index contributed by atoms with van der Waals surface area (Å²) < 4.78 is 53.7. The van der Waals surface area contributed by atoms with E-state index in [1.807, 2.05) is 20.1 Å². The van der Waals surface area contributed by atoms with E-state index in [4.69, 9.17) is 9.47 Å². The molecule has 1 unspecified atom stereocenters. The molecule has 3 aromatic carbocycles. The van der Waals surface area contributed by atoms with Gasteiger partial charge in [-0.3, -0.25) is 9.10 Å². The molecule has 7 nitrogen and oxygen atoms in total. The molecule has 3 aromatic rings. The van der Waals surface area contributed by atoms with Crippen molar-refractivity contribution in [2.45, 2.75) is 41.7 Å². The quantitative estimate of drug-likeness (QED) is 0.394. The van der Waals surface area contributed by atoms with Crippen LogP contribution in [0.3, 0.4) is 0 Å². The third kappa shape index (κ3) is 6.02. The fraction of sp³-hybridized carbons (Fsp3) is 0.296. The van der Waals surface area contributed by atoms with E-state index in [0.717, 1.165) is 20.8 Å². The van der Waals surface area contributed by atoms with E-state index in [1.54, 1.807) is 37.4 Å². The van der Waals surface area contributed by atoms with Crippen LogP contribution in [0.15, 0.2) is 76.5 Å². The van der Waals surface area contributed by atoms with Crippen molar-refractivity contribution >= 4 is 33.4 Å². The normalized spacial score (nSPS) is 16.3. The minimum absolute atomic E-state index is 0.00430. The van der Waals surface area contributed by atoms with Crippen LogP contribution in [0.5, 0.6) is 11.5 Å². The second-order valence-electron chi connectivity index (χ2n) is 9.26. The van der Waals surface area contributed by atoms with Crippen molar-refractivity contribution in [2.24, 2.45) is 0 Å². The molecular formula is C27H29FN2O5S2. The molecule has 1 amide bonds. The minimum atomic E-state index is -4.17. The lowest BCUT2D eigenvalue weighted by Gasteiger charge is -2.38. The first-order valence-corrected chi connectivity index (χ1v) is 14.3. The average molecular weight is 545 g/mol. The zero-order chi connectivity index (χ0) is 26.8. The summed E-state index contributed by atoms with van der Waals surface area (Å²) in [6, 6.07) is 16.4. The van der Waals surface area contributed by atoms with Crippen LogP contribution in [0.2, 0.25) is 0 Å². The van der Waals surface area contributed by atoms with Crippen molar-refractivity contribution in [3.05, 3.63) is 78.1 Å². The molecule has 1 N–H and O–H groups in total. The Morgan fingerprint density at radius 1 is 1.16 bits per heavy atom. The predicted molar refractivity (Wildman–Crippen MR) is 142 cm³/mol. The van der Waals surface area contributed by atoms with Gasteiger partial charge in [0.05, 0.1) is 23.7 Å². The van der Waals surface area contributed by atoms with Crippen molar-refractivity contribution in [1.29, 1.82) is 0 Å². The standard InChI is InChI=1S/C27H29FN2O5S2/c1-27(2)16-24(23-15-20(34-3)8-13-25(23)35-27)29-26(31)17-30(19-7-5-6-18(28)14-19)37(32,33)22-11-9-21(36-4)10-12-22/h5-15,24H,16-17H2,1-4H3,(H,29,31). The second-order valence-corrected chi connectivity index (χ2v) is 12.0. The van der Waals surface area contributed by atoms with E-state index in [0.29, 0.717) is 17.9 Å². The number of amides is 1. The Hall–Kier alpha value is -3.24. The lowest BCUT2D eigenvalue weighted by Crippen LogP contribution is -2.45. The van der Waals surface area contributed by atoms with E-state index in [-0.39, 0.29) is 10.6 Å². The Labute approximate surface area is 221 Å². The summed E-state index contributed by atoms with van der Waals surface area (Å²) in [4.78, 5) is 14.2. The molecule has 0 radical (unpaired) electrons. The van der Waals surface area contributed by atoms with Crippen LogP contribution in [0.25, 0.3) is 0 Å². The highest BCUT2D eigenvalue weighted by atomic mass is 32.2. The second kappa shape index (κ2) is 10.6. The first kappa shape index (κ1) is 26.8. The first-order chi connectivity index (χ1) is 17.5. The molecular weight excluding hydrogens is 515 g/mol. The summed E-state index contributed by atoms with van der Waals surface area (Å²) in [6.45, 7) is 3.30. The predicted octanol–water partition coefficient (Wildman–Crippen LogP) is 5.17. The minimum Gasteiger partial charge on any atom is -0.497 e. The van der Waals surface area contributed by atoms with Crippen LogP contribution in [0.4, 0.5) is 10.1 Å². The van der Waals surface area contributed by atoms with Crippen molar-refractivity contribution in [3.63, 3.8) is 0 Å². The third-order valence-electron chi connectivity index (χ3n) is 6.04. The van der Waals surface area contributed by atoms with E-state index >= 15 is 0 Å². The maximum absolute atomic E-state index is 14.1. The molecule has 37 heavy (non-hydrogen) atoms. The molecule has 0 spiro atoms. The van der Waals surface area contributed by atoms with E-state index in [2.05, 4.69) is 5.32 Å². The number of benzene rings is 3. The molecule has 4 rings (SSSR count). The first-order valence-electron chi connectivity index (χ1n) is 11.6. The largest absolute Gasteiger partial charge is 0.497 e. The highest BCUT2D eigenvalue weighted by molar-refractivity contribution is 7.98. The molecule has 1 atom stereocenters. The number of ether oxygens (including phenoxy) is 2. The number of hydrogen-bond acceptors (Lipinski definition) is 6. The zero-order valence-electron chi connectivity index (χ0n) is 21.0. The summed E-state index contributed by atoms with van der Waals surface area (Å²) in [5.74, 6) is 0.0814. The van der Waals surface area contributed by atoms with Gasteiger partial charge in [-0.2, -0.15) is 0 Å².